The van der Waals surface area contributed by atoms with Crippen molar-refractivity contribution in [2.24, 2.45) is 0 Å². The van der Waals surface area contributed by atoms with Gasteiger partial charge in [-0.25, -0.2) is 8.78 Å². The third-order valence-corrected chi connectivity index (χ3v) is 4.25. The fourth-order valence-electron chi connectivity index (χ4n) is 2.90. The lowest BCUT2D eigenvalue weighted by atomic mass is 10.1. The summed E-state index contributed by atoms with van der Waals surface area (Å²) in [5.74, 6) is -2.77. The molecule has 5 nitrogen and oxygen atoms in total. The summed E-state index contributed by atoms with van der Waals surface area (Å²) in [7, 11) is 0. The van der Waals surface area contributed by atoms with Crippen molar-refractivity contribution >= 4 is 17.7 Å². The van der Waals surface area contributed by atoms with E-state index in [4.69, 9.17) is 0 Å². The molecule has 0 unspecified atom stereocenters. The van der Waals surface area contributed by atoms with E-state index >= 15 is 0 Å². The SMILES string of the molecule is C[C@H](NC(=O)CCN1C(=O)c2ccccc2C1=O)c1ccc(F)cc1F. The maximum atomic E-state index is 13.7. The Hall–Kier alpha value is -3.09. The van der Waals surface area contributed by atoms with Gasteiger partial charge >= 0.3 is 0 Å². The summed E-state index contributed by atoms with van der Waals surface area (Å²) in [5.41, 5.74) is 0.791. The monoisotopic (exact) mass is 358 g/mol. The molecule has 26 heavy (non-hydrogen) atoms. The van der Waals surface area contributed by atoms with Gasteiger partial charge in [-0.15, -0.1) is 0 Å². The van der Waals surface area contributed by atoms with Crippen LogP contribution in [0, 0.1) is 11.6 Å². The molecule has 0 bridgehead atoms. The Kier molecular flexibility index (Phi) is 4.79. The fourth-order valence-corrected chi connectivity index (χ4v) is 2.90. The predicted octanol–water partition coefficient (Wildman–Crippen LogP) is 2.83. The third-order valence-electron chi connectivity index (χ3n) is 4.25. The highest BCUT2D eigenvalue weighted by molar-refractivity contribution is 6.21. The van der Waals surface area contributed by atoms with Crippen LogP contribution in [0.2, 0.25) is 0 Å². The summed E-state index contributed by atoms with van der Waals surface area (Å²) < 4.78 is 26.7. The first-order chi connectivity index (χ1) is 12.4. The number of rotatable bonds is 5. The maximum absolute atomic E-state index is 13.7. The molecule has 3 rings (SSSR count). The van der Waals surface area contributed by atoms with Crippen molar-refractivity contribution in [2.45, 2.75) is 19.4 Å². The second-order valence-corrected chi connectivity index (χ2v) is 6.01. The number of carbonyl (C=O) groups excluding carboxylic acids is 3. The molecule has 134 valence electrons. The zero-order chi connectivity index (χ0) is 18.8. The second-order valence-electron chi connectivity index (χ2n) is 6.01. The molecular weight excluding hydrogens is 342 g/mol. The molecule has 2 aromatic carbocycles. The van der Waals surface area contributed by atoms with Crippen LogP contribution in [0.25, 0.3) is 0 Å². The van der Waals surface area contributed by atoms with E-state index in [0.29, 0.717) is 11.1 Å². The maximum Gasteiger partial charge on any atom is 0.261 e. The van der Waals surface area contributed by atoms with Gasteiger partial charge in [0.1, 0.15) is 11.6 Å². The third kappa shape index (κ3) is 3.33. The number of nitrogens with one attached hydrogen (secondary N) is 1. The van der Waals surface area contributed by atoms with E-state index in [0.717, 1.165) is 17.0 Å². The van der Waals surface area contributed by atoms with E-state index in [9.17, 15) is 23.2 Å². The van der Waals surface area contributed by atoms with Crippen molar-refractivity contribution < 1.29 is 23.2 Å². The number of nitrogens with zero attached hydrogens (tertiary/aromatic N) is 1. The van der Waals surface area contributed by atoms with Crippen LogP contribution in [-0.2, 0) is 4.79 Å². The molecule has 1 aliphatic heterocycles. The Morgan fingerprint density at radius 1 is 1.08 bits per heavy atom. The quantitative estimate of drug-likeness (QED) is 0.836. The molecule has 0 radical (unpaired) electrons. The van der Waals surface area contributed by atoms with Crippen LogP contribution in [0.1, 0.15) is 45.7 Å². The molecule has 0 aliphatic carbocycles. The van der Waals surface area contributed by atoms with Gasteiger partial charge in [-0.3, -0.25) is 19.3 Å². The van der Waals surface area contributed by atoms with Crippen molar-refractivity contribution in [1.82, 2.24) is 10.2 Å². The van der Waals surface area contributed by atoms with Gasteiger partial charge in [0, 0.05) is 24.6 Å². The number of benzene rings is 2. The number of halogens is 2. The van der Waals surface area contributed by atoms with Crippen molar-refractivity contribution in [2.75, 3.05) is 6.54 Å². The molecule has 1 atom stereocenters. The van der Waals surface area contributed by atoms with Crippen LogP contribution in [0.3, 0.4) is 0 Å². The largest absolute Gasteiger partial charge is 0.349 e. The van der Waals surface area contributed by atoms with Gasteiger partial charge in [-0.1, -0.05) is 18.2 Å². The first kappa shape index (κ1) is 17.7. The van der Waals surface area contributed by atoms with Gasteiger partial charge < -0.3 is 5.32 Å². The Morgan fingerprint density at radius 3 is 2.27 bits per heavy atom. The van der Waals surface area contributed by atoms with E-state index in [-0.39, 0.29) is 18.5 Å². The smallest absolute Gasteiger partial charge is 0.261 e. The molecule has 1 heterocycles. The molecule has 2 aromatic rings. The van der Waals surface area contributed by atoms with Crippen LogP contribution < -0.4 is 5.32 Å². The van der Waals surface area contributed by atoms with Crippen LogP contribution in [0.4, 0.5) is 8.78 Å². The highest BCUT2D eigenvalue weighted by atomic mass is 19.1. The van der Waals surface area contributed by atoms with Gasteiger partial charge in [0.15, 0.2) is 0 Å². The van der Waals surface area contributed by atoms with E-state index in [1.807, 2.05) is 0 Å². The summed E-state index contributed by atoms with van der Waals surface area (Å²) >= 11 is 0. The summed E-state index contributed by atoms with van der Waals surface area (Å²) in [6.07, 6.45) is -0.112. The first-order valence-corrected chi connectivity index (χ1v) is 8.08. The predicted molar refractivity (Wildman–Crippen MR) is 89.3 cm³/mol. The lowest BCUT2D eigenvalue weighted by Gasteiger charge is -2.17. The normalized spacial score (nSPS) is 14.3. The average molecular weight is 358 g/mol. The van der Waals surface area contributed by atoms with E-state index < -0.39 is 35.4 Å². The van der Waals surface area contributed by atoms with Gasteiger partial charge in [0.2, 0.25) is 5.91 Å². The highest BCUT2D eigenvalue weighted by Crippen LogP contribution is 2.22. The molecule has 1 aliphatic rings. The number of hydrogen-bond acceptors (Lipinski definition) is 3. The topological polar surface area (TPSA) is 66.5 Å². The standard InChI is InChI=1S/C19H16F2N2O3/c1-11(13-7-6-12(20)10-16(13)21)22-17(24)8-9-23-18(25)14-4-2-3-5-15(14)19(23)26/h2-7,10-11H,8-9H2,1H3,(H,22,24)/t11-/m0/s1. The van der Waals surface area contributed by atoms with E-state index in [1.54, 1.807) is 31.2 Å². The molecule has 0 saturated heterocycles. The molecule has 0 aromatic heterocycles. The van der Waals surface area contributed by atoms with E-state index in [1.165, 1.54) is 6.07 Å². The summed E-state index contributed by atoms with van der Waals surface area (Å²) in [4.78, 5) is 37.6. The number of carbonyl (C=O) groups is 3. The molecule has 3 amide bonds. The number of amides is 3. The molecule has 0 spiro atoms. The summed E-state index contributed by atoms with van der Waals surface area (Å²) in [6.45, 7) is 1.49. The molecule has 0 saturated carbocycles. The molecular formula is C19H16F2N2O3. The number of hydrogen-bond donors (Lipinski definition) is 1. The average Bonchev–Trinajstić information content (AvgIpc) is 2.84. The number of imide groups is 1. The molecule has 0 fully saturated rings. The van der Waals surface area contributed by atoms with E-state index in [2.05, 4.69) is 5.32 Å². The summed E-state index contributed by atoms with van der Waals surface area (Å²) in [5, 5.41) is 2.58. The Balaban J connectivity index is 1.60. The van der Waals surface area contributed by atoms with Gasteiger partial charge in [0.25, 0.3) is 11.8 Å². The molecule has 7 heteroatoms. The Morgan fingerprint density at radius 2 is 1.69 bits per heavy atom. The summed E-state index contributed by atoms with van der Waals surface area (Å²) in [6, 6.07) is 8.91. The fraction of sp³-hybridized carbons (Fsp3) is 0.211. The first-order valence-electron chi connectivity index (χ1n) is 8.08. The van der Waals surface area contributed by atoms with Gasteiger partial charge in [-0.05, 0) is 25.1 Å². The minimum atomic E-state index is -0.752. The van der Waals surface area contributed by atoms with Crippen LogP contribution in [-0.4, -0.2) is 29.2 Å². The highest BCUT2D eigenvalue weighted by Gasteiger charge is 2.35. The second kappa shape index (κ2) is 7.03. The van der Waals surface area contributed by atoms with Crippen molar-refractivity contribution in [3.8, 4) is 0 Å². The molecule has 1 N–H and O–H groups in total. The van der Waals surface area contributed by atoms with Crippen LogP contribution in [0.5, 0.6) is 0 Å². The van der Waals surface area contributed by atoms with Crippen molar-refractivity contribution in [3.05, 3.63) is 70.8 Å². The van der Waals surface area contributed by atoms with Crippen LogP contribution >= 0.6 is 0 Å². The van der Waals surface area contributed by atoms with Gasteiger partial charge in [0.05, 0.1) is 17.2 Å². The minimum Gasteiger partial charge on any atom is -0.349 e. The zero-order valence-electron chi connectivity index (χ0n) is 14.0. The Bertz CT molecular complexity index is 863. The van der Waals surface area contributed by atoms with Crippen molar-refractivity contribution in [3.63, 3.8) is 0 Å². The van der Waals surface area contributed by atoms with Crippen LogP contribution in [0.15, 0.2) is 42.5 Å². The lowest BCUT2D eigenvalue weighted by molar-refractivity contribution is -0.121. The number of fused-ring (bicyclic) bond motifs is 1. The minimum absolute atomic E-state index is 0.0726. The van der Waals surface area contributed by atoms with Crippen molar-refractivity contribution in [1.29, 1.82) is 0 Å². The lowest BCUT2D eigenvalue weighted by Crippen LogP contribution is -2.35. The zero-order valence-corrected chi connectivity index (χ0v) is 14.0. The van der Waals surface area contributed by atoms with Gasteiger partial charge in [-0.2, -0.15) is 0 Å². The Labute approximate surface area is 148 Å².